The average Bonchev–Trinajstić information content (AvgIpc) is 3.00. The minimum atomic E-state index is 0.102. The van der Waals surface area contributed by atoms with E-state index in [0.717, 1.165) is 21.8 Å². The molecule has 0 spiro atoms. The van der Waals surface area contributed by atoms with Gasteiger partial charge in [-0.25, -0.2) is 0 Å². The molecule has 0 amide bonds. The summed E-state index contributed by atoms with van der Waals surface area (Å²) in [7, 11) is 0. The summed E-state index contributed by atoms with van der Waals surface area (Å²) in [6.07, 6.45) is 3.67. The van der Waals surface area contributed by atoms with E-state index in [1.165, 1.54) is 15.8 Å². The minimum absolute atomic E-state index is 0.102. The van der Waals surface area contributed by atoms with Gasteiger partial charge in [0.15, 0.2) is 0 Å². The topological polar surface area (TPSA) is 24.9 Å². The van der Waals surface area contributed by atoms with Gasteiger partial charge in [0.25, 0.3) is 0 Å². The number of aromatic nitrogens is 1. The first-order valence-electron chi connectivity index (χ1n) is 8.17. The Morgan fingerprint density at radius 1 is 0.880 bits per heavy atom. The Hall–Kier alpha value is -2.20. The summed E-state index contributed by atoms with van der Waals surface area (Å²) < 4.78 is 1.23. The van der Waals surface area contributed by atoms with Crippen molar-refractivity contribution in [1.82, 2.24) is 10.3 Å². The van der Waals surface area contributed by atoms with Gasteiger partial charge >= 0.3 is 0 Å². The fraction of sp³-hybridized carbons (Fsp3) is 0.0952. The number of nitrogens with zero attached hydrogens (tertiary/aromatic N) is 1. The van der Waals surface area contributed by atoms with Crippen LogP contribution in [-0.2, 0) is 6.54 Å². The van der Waals surface area contributed by atoms with Gasteiger partial charge in [0, 0.05) is 33.9 Å². The van der Waals surface area contributed by atoms with Crippen molar-refractivity contribution in [2.24, 2.45) is 0 Å². The molecule has 2 aromatic heterocycles. The number of fused-ring (bicyclic) bond motifs is 1. The molecule has 0 aliphatic carbocycles. The number of pyridine rings is 1. The first-order chi connectivity index (χ1) is 12.3. The quantitative estimate of drug-likeness (QED) is 0.482. The second-order valence-corrected chi connectivity index (χ2v) is 7.36. The molecule has 1 atom stereocenters. The van der Waals surface area contributed by atoms with Crippen molar-refractivity contribution in [2.75, 3.05) is 0 Å². The predicted octanol–water partition coefficient (Wildman–Crippen LogP) is 5.83. The molecular formula is C21H17ClN2S. The standard InChI is InChI=1S/C21H17ClN2S/c22-20-17-8-4-5-9-18(17)25-19(20)14-24-21(15-6-2-1-3-7-15)16-10-12-23-13-11-16/h1-13,21,24H,14H2/t21-/m0/s1. The van der Waals surface area contributed by atoms with E-state index in [2.05, 4.69) is 64.9 Å². The number of thiophene rings is 1. The third kappa shape index (κ3) is 3.45. The summed E-state index contributed by atoms with van der Waals surface area (Å²) in [6, 6.07) is 22.9. The molecular weight excluding hydrogens is 348 g/mol. The third-order valence-corrected chi connectivity index (χ3v) is 5.96. The van der Waals surface area contributed by atoms with Crippen LogP contribution in [0, 0.1) is 0 Å². The van der Waals surface area contributed by atoms with Crippen LogP contribution in [0.4, 0.5) is 0 Å². The second kappa shape index (κ2) is 7.36. The molecule has 0 aliphatic heterocycles. The Morgan fingerprint density at radius 2 is 1.56 bits per heavy atom. The van der Waals surface area contributed by atoms with Crippen molar-refractivity contribution in [3.63, 3.8) is 0 Å². The molecule has 0 fully saturated rings. The molecule has 0 bridgehead atoms. The SMILES string of the molecule is Clc1c(CN[C@@H](c2ccccc2)c2ccncc2)sc2ccccc12. The lowest BCUT2D eigenvalue weighted by Crippen LogP contribution is -2.21. The maximum absolute atomic E-state index is 6.59. The zero-order valence-corrected chi connectivity index (χ0v) is 15.1. The molecule has 0 aliphatic rings. The van der Waals surface area contributed by atoms with Crippen LogP contribution in [0.2, 0.25) is 5.02 Å². The molecule has 25 heavy (non-hydrogen) atoms. The van der Waals surface area contributed by atoms with E-state index >= 15 is 0 Å². The Bertz CT molecular complexity index is 928. The van der Waals surface area contributed by atoms with Crippen molar-refractivity contribution >= 4 is 33.0 Å². The highest BCUT2D eigenvalue weighted by molar-refractivity contribution is 7.19. The van der Waals surface area contributed by atoms with Crippen LogP contribution in [-0.4, -0.2) is 4.98 Å². The van der Waals surface area contributed by atoms with Crippen molar-refractivity contribution in [3.05, 3.63) is 100 Å². The number of rotatable bonds is 5. The maximum Gasteiger partial charge on any atom is 0.0636 e. The van der Waals surface area contributed by atoms with E-state index in [-0.39, 0.29) is 6.04 Å². The van der Waals surface area contributed by atoms with Gasteiger partial charge in [0.1, 0.15) is 0 Å². The van der Waals surface area contributed by atoms with Gasteiger partial charge in [-0.15, -0.1) is 11.3 Å². The Kier molecular flexibility index (Phi) is 4.79. The summed E-state index contributed by atoms with van der Waals surface area (Å²) in [5, 5.41) is 5.66. The molecule has 0 radical (unpaired) electrons. The first kappa shape index (κ1) is 16.3. The van der Waals surface area contributed by atoms with Gasteiger partial charge < -0.3 is 5.32 Å². The Balaban J connectivity index is 1.64. The molecule has 0 saturated carbocycles. The average molecular weight is 365 g/mol. The number of halogens is 1. The molecule has 2 nitrogen and oxygen atoms in total. The van der Waals surface area contributed by atoms with Crippen molar-refractivity contribution in [2.45, 2.75) is 12.6 Å². The van der Waals surface area contributed by atoms with Gasteiger partial charge in [-0.05, 0) is 29.3 Å². The van der Waals surface area contributed by atoms with Crippen LogP contribution in [0.3, 0.4) is 0 Å². The van der Waals surface area contributed by atoms with E-state index in [4.69, 9.17) is 11.6 Å². The fourth-order valence-corrected chi connectivity index (χ4v) is 4.45. The lowest BCUT2D eigenvalue weighted by Gasteiger charge is -2.19. The van der Waals surface area contributed by atoms with Crippen LogP contribution in [0.15, 0.2) is 79.1 Å². The molecule has 4 heteroatoms. The monoisotopic (exact) mass is 364 g/mol. The Morgan fingerprint density at radius 3 is 2.32 bits per heavy atom. The molecule has 1 N–H and O–H groups in total. The molecule has 0 unspecified atom stereocenters. The highest BCUT2D eigenvalue weighted by Crippen LogP contribution is 2.35. The number of benzene rings is 2. The number of hydrogen-bond donors (Lipinski definition) is 1. The van der Waals surface area contributed by atoms with E-state index in [1.807, 2.05) is 24.5 Å². The normalized spacial score (nSPS) is 12.4. The lowest BCUT2D eigenvalue weighted by molar-refractivity contribution is 0.609. The highest BCUT2D eigenvalue weighted by atomic mass is 35.5. The molecule has 4 aromatic rings. The summed E-state index contributed by atoms with van der Waals surface area (Å²) in [5.41, 5.74) is 2.42. The molecule has 124 valence electrons. The number of nitrogens with one attached hydrogen (secondary N) is 1. The zero-order chi connectivity index (χ0) is 17.1. The van der Waals surface area contributed by atoms with E-state index in [0.29, 0.717) is 0 Å². The van der Waals surface area contributed by atoms with Crippen LogP contribution >= 0.6 is 22.9 Å². The van der Waals surface area contributed by atoms with Gasteiger partial charge in [0.2, 0.25) is 0 Å². The van der Waals surface area contributed by atoms with Crippen molar-refractivity contribution in [3.8, 4) is 0 Å². The largest absolute Gasteiger partial charge is 0.301 e. The summed E-state index contributed by atoms with van der Waals surface area (Å²) >= 11 is 8.34. The Labute approximate surface area is 156 Å². The maximum atomic E-state index is 6.59. The van der Waals surface area contributed by atoms with Crippen LogP contribution in [0.1, 0.15) is 22.0 Å². The van der Waals surface area contributed by atoms with E-state index < -0.39 is 0 Å². The van der Waals surface area contributed by atoms with Crippen molar-refractivity contribution < 1.29 is 0 Å². The van der Waals surface area contributed by atoms with Gasteiger partial charge in [-0.3, -0.25) is 4.98 Å². The van der Waals surface area contributed by atoms with Gasteiger partial charge in [0.05, 0.1) is 11.1 Å². The van der Waals surface area contributed by atoms with E-state index in [1.54, 1.807) is 11.3 Å². The van der Waals surface area contributed by atoms with Crippen LogP contribution < -0.4 is 5.32 Å². The molecule has 4 rings (SSSR count). The van der Waals surface area contributed by atoms with Gasteiger partial charge in [-0.1, -0.05) is 60.1 Å². The zero-order valence-electron chi connectivity index (χ0n) is 13.5. The highest BCUT2D eigenvalue weighted by Gasteiger charge is 2.16. The molecule has 0 saturated heterocycles. The second-order valence-electron chi connectivity index (χ2n) is 5.84. The lowest BCUT2D eigenvalue weighted by atomic mass is 10.00. The first-order valence-corrected chi connectivity index (χ1v) is 9.36. The predicted molar refractivity (Wildman–Crippen MR) is 106 cm³/mol. The van der Waals surface area contributed by atoms with Gasteiger partial charge in [-0.2, -0.15) is 0 Å². The van der Waals surface area contributed by atoms with E-state index in [9.17, 15) is 0 Å². The smallest absolute Gasteiger partial charge is 0.0636 e. The minimum Gasteiger partial charge on any atom is -0.301 e. The summed E-state index contributed by atoms with van der Waals surface area (Å²) in [4.78, 5) is 5.30. The third-order valence-electron chi connectivity index (χ3n) is 4.24. The summed E-state index contributed by atoms with van der Waals surface area (Å²) in [6.45, 7) is 0.722. The van der Waals surface area contributed by atoms with Crippen LogP contribution in [0.5, 0.6) is 0 Å². The van der Waals surface area contributed by atoms with Crippen LogP contribution in [0.25, 0.3) is 10.1 Å². The fourth-order valence-electron chi connectivity index (χ4n) is 3.00. The molecule has 2 aromatic carbocycles. The molecule has 2 heterocycles. The van der Waals surface area contributed by atoms with Crippen molar-refractivity contribution in [1.29, 1.82) is 0 Å². The number of hydrogen-bond acceptors (Lipinski definition) is 3. The summed E-state index contributed by atoms with van der Waals surface area (Å²) in [5.74, 6) is 0.